The van der Waals surface area contributed by atoms with E-state index >= 15 is 0 Å². The van der Waals surface area contributed by atoms with Gasteiger partial charge in [0.05, 0.1) is 7.11 Å². The van der Waals surface area contributed by atoms with E-state index in [1.807, 2.05) is 12.1 Å². The Morgan fingerprint density at radius 3 is 2.88 bits per heavy atom. The van der Waals surface area contributed by atoms with Crippen LogP contribution >= 0.6 is 11.6 Å². The van der Waals surface area contributed by atoms with Gasteiger partial charge in [-0.15, -0.1) is 11.6 Å². The molecule has 1 saturated carbocycles. The molecular weight excluding hydrogens is 224 g/mol. The first-order valence-electron chi connectivity index (χ1n) is 5.44. The van der Waals surface area contributed by atoms with E-state index in [1.54, 1.807) is 13.3 Å². The molecule has 1 N–H and O–H groups in total. The molecule has 1 aromatic rings. The average Bonchev–Trinajstić information content (AvgIpc) is 2.29. The lowest BCUT2D eigenvalue weighted by molar-refractivity contribution is 0.168. The highest BCUT2D eigenvalue weighted by Gasteiger charge is 2.47. The Balaban J connectivity index is 2.05. The Labute approximate surface area is 101 Å². The highest BCUT2D eigenvalue weighted by molar-refractivity contribution is 6.21. The number of ether oxygens (including phenoxy) is 1. The second kappa shape index (κ2) is 4.13. The molecule has 1 heterocycles. The molecule has 0 aromatic carbocycles. The molecule has 16 heavy (non-hydrogen) atoms. The topological polar surface area (TPSA) is 34.1 Å². The van der Waals surface area contributed by atoms with Crippen molar-refractivity contribution in [2.75, 3.05) is 12.4 Å². The molecule has 0 aliphatic heterocycles. The summed E-state index contributed by atoms with van der Waals surface area (Å²) in [5, 5.41) is 3.73. The number of halogens is 1. The summed E-state index contributed by atoms with van der Waals surface area (Å²) in [6.45, 7) is 4.37. The van der Waals surface area contributed by atoms with Crippen LogP contribution in [0, 0.1) is 5.41 Å². The summed E-state index contributed by atoms with van der Waals surface area (Å²) in [7, 11) is 1.62. The van der Waals surface area contributed by atoms with Crippen LogP contribution in [0.5, 0.6) is 5.88 Å². The molecule has 2 unspecified atom stereocenters. The monoisotopic (exact) mass is 240 g/mol. The number of alkyl halides is 1. The molecule has 88 valence electrons. The van der Waals surface area contributed by atoms with Crippen molar-refractivity contribution in [2.24, 2.45) is 5.41 Å². The van der Waals surface area contributed by atoms with Gasteiger partial charge in [0, 0.05) is 34.8 Å². The Hall–Kier alpha value is -0.960. The Morgan fingerprint density at radius 2 is 2.31 bits per heavy atom. The van der Waals surface area contributed by atoms with Crippen molar-refractivity contribution >= 4 is 17.3 Å². The number of nitrogens with zero attached hydrogens (tertiary/aromatic N) is 1. The standard InChI is InChI=1S/C12H17ClN2O/c1-12(2)9(13)7-10(12)15-8-4-5-14-11(6-8)16-3/h4-6,9-10H,7H2,1-3H3,(H,14,15). The van der Waals surface area contributed by atoms with Gasteiger partial charge in [0.2, 0.25) is 5.88 Å². The molecule has 3 nitrogen and oxygen atoms in total. The van der Waals surface area contributed by atoms with E-state index in [9.17, 15) is 0 Å². The maximum Gasteiger partial charge on any atom is 0.214 e. The molecule has 0 radical (unpaired) electrons. The van der Waals surface area contributed by atoms with Crippen LogP contribution in [-0.4, -0.2) is 23.5 Å². The summed E-state index contributed by atoms with van der Waals surface area (Å²) in [6, 6.07) is 4.26. The number of rotatable bonds is 3. The number of hydrogen-bond acceptors (Lipinski definition) is 3. The van der Waals surface area contributed by atoms with Crippen molar-refractivity contribution in [1.29, 1.82) is 0 Å². The fraction of sp³-hybridized carbons (Fsp3) is 0.583. The summed E-state index contributed by atoms with van der Waals surface area (Å²) >= 11 is 6.18. The third-order valence-electron chi connectivity index (χ3n) is 3.43. The molecule has 4 heteroatoms. The second-order valence-corrected chi connectivity index (χ2v) is 5.34. The minimum atomic E-state index is 0.137. The van der Waals surface area contributed by atoms with E-state index in [1.165, 1.54) is 0 Å². The van der Waals surface area contributed by atoms with Gasteiger partial charge in [0.1, 0.15) is 0 Å². The maximum atomic E-state index is 6.18. The number of pyridine rings is 1. The van der Waals surface area contributed by atoms with Gasteiger partial charge in [0.15, 0.2) is 0 Å². The summed E-state index contributed by atoms with van der Waals surface area (Å²) < 4.78 is 5.08. The Kier molecular flexibility index (Phi) is 2.98. The SMILES string of the molecule is COc1cc(NC2CC(Cl)C2(C)C)ccn1. The number of anilines is 1. The van der Waals surface area contributed by atoms with Crippen molar-refractivity contribution < 1.29 is 4.74 Å². The number of hydrogen-bond donors (Lipinski definition) is 1. The quantitative estimate of drug-likeness (QED) is 0.825. The predicted molar refractivity (Wildman–Crippen MR) is 66.2 cm³/mol. The maximum absolute atomic E-state index is 6.18. The van der Waals surface area contributed by atoms with Crippen molar-refractivity contribution in [2.45, 2.75) is 31.7 Å². The van der Waals surface area contributed by atoms with Gasteiger partial charge in [-0.2, -0.15) is 0 Å². The minimum absolute atomic E-state index is 0.137. The van der Waals surface area contributed by atoms with Gasteiger partial charge in [-0.1, -0.05) is 13.8 Å². The molecule has 1 fully saturated rings. The molecular formula is C12H17ClN2O. The fourth-order valence-electron chi connectivity index (χ4n) is 1.93. The van der Waals surface area contributed by atoms with Crippen LogP contribution in [0.3, 0.4) is 0 Å². The third-order valence-corrected chi connectivity index (χ3v) is 4.17. The lowest BCUT2D eigenvalue weighted by Crippen LogP contribution is -2.54. The van der Waals surface area contributed by atoms with Gasteiger partial charge < -0.3 is 10.1 Å². The Bertz CT molecular complexity index is 381. The van der Waals surface area contributed by atoms with E-state index < -0.39 is 0 Å². The molecule has 2 rings (SSSR count). The highest BCUT2D eigenvalue weighted by Crippen LogP contribution is 2.45. The van der Waals surface area contributed by atoms with E-state index in [0.29, 0.717) is 11.9 Å². The Morgan fingerprint density at radius 1 is 1.56 bits per heavy atom. The second-order valence-electron chi connectivity index (χ2n) is 4.81. The van der Waals surface area contributed by atoms with Crippen LogP contribution in [0.25, 0.3) is 0 Å². The molecule has 1 aliphatic rings. The lowest BCUT2D eigenvalue weighted by Gasteiger charge is -2.49. The van der Waals surface area contributed by atoms with Gasteiger partial charge in [-0.3, -0.25) is 0 Å². The largest absolute Gasteiger partial charge is 0.481 e. The number of nitrogens with one attached hydrogen (secondary N) is 1. The van der Waals surface area contributed by atoms with Crippen molar-refractivity contribution in [3.63, 3.8) is 0 Å². The summed E-state index contributed by atoms with van der Waals surface area (Å²) in [5.41, 5.74) is 1.17. The molecule has 0 saturated heterocycles. The van der Waals surface area contributed by atoms with Gasteiger partial charge in [0.25, 0.3) is 0 Å². The van der Waals surface area contributed by atoms with Gasteiger partial charge >= 0.3 is 0 Å². The van der Waals surface area contributed by atoms with E-state index in [0.717, 1.165) is 12.1 Å². The smallest absolute Gasteiger partial charge is 0.214 e. The summed E-state index contributed by atoms with van der Waals surface area (Å²) in [5.74, 6) is 0.629. The molecule has 1 aliphatic carbocycles. The molecule has 0 amide bonds. The summed E-state index contributed by atoms with van der Waals surface area (Å²) in [4.78, 5) is 4.07. The van der Waals surface area contributed by atoms with Crippen LogP contribution in [0.15, 0.2) is 18.3 Å². The molecule has 0 bridgehead atoms. The number of aromatic nitrogens is 1. The van der Waals surface area contributed by atoms with Gasteiger partial charge in [-0.25, -0.2) is 4.98 Å². The first-order chi connectivity index (χ1) is 7.54. The molecule has 2 atom stereocenters. The lowest BCUT2D eigenvalue weighted by atomic mass is 9.66. The average molecular weight is 241 g/mol. The van der Waals surface area contributed by atoms with Crippen LogP contribution in [0.1, 0.15) is 20.3 Å². The number of methoxy groups -OCH3 is 1. The highest BCUT2D eigenvalue weighted by atomic mass is 35.5. The van der Waals surface area contributed by atoms with Crippen molar-refractivity contribution in [3.05, 3.63) is 18.3 Å². The van der Waals surface area contributed by atoms with Crippen molar-refractivity contribution in [3.8, 4) is 5.88 Å². The zero-order valence-corrected chi connectivity index (χ0v) is 10.6. The zero-order valence-electron chi connectivity index (χ0n) is 9.83. The van der Waals surface area contributed by atoms with Crippen LogP contribution in [0.4, 0.5) is 5.69 Å². The van der Waals surface area contributed by atoms with E-state index in [4.69, 9.17) is 16.3 Å². The van der Waals surface area contributed by atoms with Gasteiger partial charge in [-0.05, 0) is 12.5 Å². The molecule has 0 spiro atoms. The molecule has 1 aromatic heterocycles. The van der Waals surface area contributed by atoms with E-state index in [-0.39, 0.29) is 10.8 Å². The normalized spacial score (nSPS) is 27.0. The van der Waals surface area contributed by atoms with Crippen molar-refractivity contribution in [1.82, 2.24) is 4.98 Å². The fourth-order valence-corrected chi connectivity index (χ4v) is 2.26. The van der Waals surface area contributed by atoms with Crippen LogP contribution in [0.2, 0.25) is 0 Å². The first-order valence-corrected chi connectivity index (χ1v) is 5.88. The third kappa shape index (κ3) is 1.96. The predicted octanol–water partition coefficient (Wildman–Crippen LogP) is 2.91. The van der Waals surface area contributed by atoms with Crippen LogP contribution in [-0.2, 0) is 0 Å². The zero-order chi connectivity index (χ0) is 11.8. The first kappa shape index (κ1) is 11.5. The van der Waals surface area contributed by atoms with E-state index in [2.05, 4.69) is 24.1 Å². The summed E-state index contributed by atoms with van der Waals surface area (Å²) in [6.07, 6.45) is 2.74. The minimum Gasteiger partial charge on any atom is -0.481 e. The van der Waals surface area contributed by atoms with Crippen LogP contribution < -0.4 is 10.1 Å².